The fourth-order valence-electron chi connectivity index (χ4n) is 2.87. The number of pyridine rings is 2. The van der Waals surface area contributed by atoms with Crippen LogP contribution in [0.4, 0.5) is 0 Å². The number of rotatable bonds is 2. The Bertz CT molecular complexity index is 1090. The lowest BCUT2D eigenvalue weighted by Gasteiger charge is -2.14. The van der Waals surface area contributed by atoms with Gasteiger partial charge in [0.2, 0.25) is 0 Å². The molecular weight excluding hydrogens is 371 g/mol. The molecule has 26 heavy (non-hydrogen) atoms. The average molecular weight is 389 g/mol. The molecule has 0 fully saturated rings. The second-order valence-corrected chi connectivity index (χ2v) is 6.16. The Labute approximate surface area is 161 Å². The number of aromatic nitrogens is 4. The summed E-state index contributed by atoms with van der Waals surface area (Å²) in [5, 5.41) is 6.17. The lowest BCUT2D eigenvalue weighted by molar-refractivity contribution is 0.415. The highest BCUT2D eigenvalue weighted by atomic mass is 35.5. The number of benzene rings is 1. The van der Waals surface area contributed by atoms with Crippen LogP contribution in [0.2, 0.25) is 10.2 Å². The predicted molar refractivity (Wildman–Crippen MR) is 106 cm³/mol. The quantitative estimate of drug-likeness (QED) is 0.419. The molecule has 7 heteroatoms. The summed E-state index contributed by atoms with van der Waals surface area (Å²) < 4.78 is 7.10. The van der Waals surface area contributed by atoms with E-state index in [0.717, 1.165) is 27.6 Å². The van der Waals surface area contributed by atoms with E-state index in [2.05, 4.69) is 15.1 Å². The van der Waals surface area contributed by atoms with Crippen LogP contribution < -0.4 is 4.74 Å². The van der Waals surface area contributed by atoms with Gasteiger partial charge in [0, 0.05) is 28.8 Å². The van der Waals surface area contributed by atoms with Crippen LogP contribution in [-0.4, -0.2) is 26.7 Å². The Morgan fingerprint density at radius 1 is 1.08 bits per heavy atom. The number of halogens is 2. The van der Waals surface area contributed by atoms with Crippen LogP contribution in [0.1, 0.15) is 19.4 Å². The smallest absolute Gasteiger partial charge is 0.163 e. The molecule has 134 valence electrons. The van der Waals surface area contributed by atoms with Gasteiger partial charge >= 0.3 is 0 Å². The topological polar surface area (TPSA) is 52.3 Å². The standard InChI is InChI=1S/C17H12Cl2N4O.C2H6/c1-9-3-4-13(24-2)16(19)15(9)11-5-10-7-20-14(18)6-12(10)23-17(11)21-8-22-23;1-2/h3-8H,1-2H3;1-2H3. The van der Waals surface area contributed by atoms with Gasteiger partial charge in [0.05, 0.1) is 17.6 Å². The summed E-state index contributed by atoms with van der Waals surface area (Å²) in [6.45, 7) is 6.00. The van der Waals surface area contributed by atoms with Crippen molar-refractivity contribution in [3.8, 4) is 16.9 Å². The van der Waals surface area contributed by atoms with Crippen molar-refractivity contribution < 1.29 is 4.74 Å². The highest BCUT2D eigenvalue weighted by Crippen LogP contribution is 2.40. The number of fused-ring (bicyclic) bond motifs is 3. The normalized spacial score (nSPS) is 10.7. The number of hydrogen-bond acceptors (Lipinski definition) is 4. The molecule has 0 aliphatic rings. The van der Waals surface area contributed by atoms with Crippen LogP contribution in [0.25, 0.3) is 27.7 Å². The van der Waals surface area contributed by atoms with E-state index in [9.17, 15) is 0 Å². The molecule has 0 aliphatic heterocycles. The van der Waals surface area contributed by atoms with E-state index in [1.807, 2.05) is 39.0 Å². The van der Waals surface area contributed by atoms with Crippen molar-refractivity contribution in [1.82, 2.24) is 19.6 Å². The van der Waals surface area contributed by atoms with E-state index in [4.69, 9.17) is 27.9 Å². The maximum atomic E-state index is 6.57. The zero-order valence-corrected chi connectivity index (χ0v) is 16.4. The van der Waals surface area contributed by atoms with Gasteiger partial charge in [0.25, 0.3) is 0 Å². The SMILES string of the molecule is CC.COc1ccc(C)c(-c2cc3cnc(Cl)cc3n3ncnc23)c1Cl. The molecule has 0 atom stereocenters. The van der Waals surface area contributed by atoms with E-state index in [-0.39, 0.29) is 0 Å². The van der Waals surface area contributed by atoms with E-state index in [1.165, 1.54) is 6.33 Å². The Hall–Kier alpha value is -2.37. The minimum atomic E-state index is 0.405. The van der Waals surface area contributed by atoms with Crippen LogP contribution in [0, 0.1) is 6.92 Å². The maximum absolute atomic E-state index is 6.57. The monoisotopic (exact) mass is 388 g/mol. The van der Waals surface area contributed by atoms with Gasteiger partial charge in [-0.15, -0.1) is 0 Å². The second-order valence-electron chi connectivity index (χ2n) is 5.39. The number of hydrogen-bond donors (Lipinski definition) is 0. The summed E-state index contributed by atoms with van der Waals surface area (Å²) in [7, 11) is 1.60. The molecule has 0 bridgehead atoms. The summed E-state index contributed by atoms with van der Waals surface area (Å²) in [6.07, 6.45) is 3.22. The fourth-order valence-corrected chi connectivity index (χ4v) is 3.42. The predicted octanol–water partition coefficient (Wildman–Crippen LogP) is 5.59. The first-order chi connectivity index (χ1) is 12.6. The Kier molecular flexibility index (Phi) is 5.30. The molecule has 0 N–H and O–H groups in total. The third-order valence-electron chi connectivity index (χ3n) is 4.00. The molecule has 0 unspecified atom stereocenters. The highest BCUT2D eigenvalue weighted by Gasteiger charge is 2.18. The van der Waals surface area contributed by atoms with Crippen LogP contribution in [0.15, 0.2) is 36.8 Å². The molecule has 3 aromatic heterocycles. The molecule has 0 radical (unpaired) electrons. The van der Waals surface area contributed by atoms with Crippen LogP contribution >= 0.6 is 23.2 Å². The maximum Gasteiger partial charge on any atom is 0.163 e. The summed E-state index contributed by atoms with van der Waals surface area (Å²) in [5.41, 5.74) is 4.29. The summed E-state index contributed by atoms with van der Waals surface area (Å²) in [5.74, 6) is 0.615. The molecular formula is C19H18Cl2N4O. The summed E-state index contributed by atoms with van der Waals surface area (Å²) in [4.78, 5) is 8.56. The highest BCUT2D eigenvalue weighted by molar-refractivity contribution is 6.35. The van der Waals surface area contributed by atoms with Gasteiger partial charge in [-0.2, -0.15) is 5.10 Å². The number of methoxy groups -OCH3 is 1. The van der Waals surface area contributed by atoms with Crippen molar-refractivity contribution in [1.29, 1.82) is 0 Å². The lowest BCUT2D eigenvalue weighted by atomic mass is 9.99. The molecule has 0 spiro atoms. The zero-order chi connectivity index (χ0) is 18.8. The molecule has 0 amide bonds. The third-order valence-corrected chi connectivity index (χ3v) is 4.58. The first-order valence-electron chi connectivity index (χ1n) is 8.21. The van der Waals surface area contributed by atoms with Crippen molar-refractivity contribution >= 4 is 39.8 Å². The summed E-state index contributed by atoms with van der Waals surface area (Å²) in [6, 6.07) is 7.58. The van der Waals surface area contributed by atoms with Gasteiger partial charge in [0.15, 0.2) is 5.65 Å². The minimum absolute atomic E-state index is 0.405. The molecule has 4 aromatic rings. The molecule has 0 saturated carbocycles. The van der Waals surface area contributed by atoms with Gasteiger partial charge in [0.1, 0.15) is 17.2 Å². The average Bonchev–Trinajstić information content (AvgIpc) is 3.14. The Balaban J connectivity index is 0.000000948. The lowest BCUT2D eigenvalue weighted by Crippen LogP contribution is -1.97. The second kappa shape index (κ2) is 7.48. The van der Waals surface area contributed by atoms with Crippen LogP contribution in [-0.2, 0) is 0 Å². The first kappa shape index (κ1) is 18.4. The van der Waals surface area contributed by atoms with Crippen molar-refractivity contribution in [2.75, 3.05) is 7.11 Å². The van der Waals surface area contributed by atoms with Gasteiger partial charge in [-0.05, 0) is 24.6 Å². The van der Waals surface area contributed by atoms with Gasteiger partial charge in [-0.1, -0.05) is 43.1 Å². The van der Waals surface area contributed by atoms with E-state index in [0.29, 0.717) is 21.6 Å². The van der Waals surface area contributed by atoms with E-state index >= 15 is 0 Å². The van der Waals surface area contributed by atoms with Gasteiger partial charge in [-0.25, -0.2) is 14.5 Å². The number of nitrogens with zero attached hydrogens (tertiary/aromatic N) is 4. The van der Waals surface area contributed by atoms with Crippen molar-refractivity contribution in [2.24, 2.45) is 0 Å². The molecule has 1 aromatic carbocycles. The van der Waals surface area contributed by atoms with Crippen LogP contribution in [0.3, 0.4) is 0 Å². The molecule has 5 nitrogen and oxygen atoms in total. The number of ether oxygens (including phenoxy) is 1. The molecule has 4 rings (SSSR count). The van der Waals surface area contributed by atoms with E-state index in [1.54, 1.807) is 23.9 Å². The zero-order valence-electron chi connectivity index (χ0n) is 14.9. The van der Waals surface area contributed by atoms with Gasteiger partial charge < -0.3 is 4.74 Å². The van der Waals surface area contributed by atoms with Crippen molar-refractivity contribution in [3.05, 3.63) is 52.5 Å². The number of aryl methyl sites for hydroxylation is 1. The van der Waals surface area contributed by atoms with Crippen molar-refractivity contribution in [3.63, 3.8) is 0 Å². The molecule has 3 heterocycles. The minimum Gasteiger partial charge on any atom is -0.495 e. The van der Waals surface area contributed by atoms with E-state index < -0.39 is 0 Å². The Morgan fingerprint density at radius 2 is 1.85 bits per heavy atom. The Morgan fingerprint density at radius 3 is 2.58 bits per heavy atom. The largest absolute Gasteiger partial charge is 0.495 e. The fraction of sp³-hybridized carbons (Fsp3) is 0.211. The van der Waals surface area contributed by atoms with Crippen LogP contribution in [0.5, 0.6) is 5.75 Å². The molecule has 0 saturated heterocycles. The molecule has 0 aliphatic carbocycles. The third kappa shape index (κ3) is 2.97. The first-order valence-corrected chi connectivity index (χ1v) is 8.97. The summed E-state index contributed by atoms with van der Waals surface area (Å²) >= 11 is 12.6. The van der Waals surface area contributed by atoms with Gasteiger partial charge in [-0.3, -0.25) is 0 Å². The van der Waals surface area contributed by atoms with Crippen molar-refractivity contribution in [2.45, 2.75) is 20.8 Å².